The van der Waals surface area contributed by atoms with Gasteiger partial charge >= 0.3 is 5.97 Å². The first-order valence-corrected chi connectivity index (χ1v) is 5.75. The molecule has 1 heterocycles. The number of hydrogen-bond donors (Lipinski definition) is 1. The molecule has 0 radical (unpaired) electrons. The van der Waals surface area contributed by atoms with Gasteiger partial charge in [0.2, 0.25) is 0 Å². The van der Waals surface area contributed by atoms with Crippen LogP contribution in [0.5, 0.6) is 0 Å². The lowest BCUT2D eigenvalue weighted by Gasteiger charge is -2.33. The number of benzene rings is 1. The fourth-order valence-corrected chi connectivity index (χ4v) is 2.04. The Bertz CT molecular complexity index is 346. The van der Waals surface area contributed by atoms with E-state index in [2.05, 4.69) is 5.32 Å². The highest BCUT2D eigenvalue weighted by molar-refractivity contribution is 5.78. The molecule has 3 nitrogen and oxygen atoms in total. The summed E-state index contributed by atoms with van der Waals surface area (Å²) in [5.74, 6) is 0.170. The van der Waals surface area contributed by atoms with Crippen molar-refractivity contribution in [1.29, 1.82) is 0 Å². The number of nitrogens with one attached hydrogen (secondary N) is 1. The van der Waals surface area contributed by atoms with Crippen LogP contribution in [0, 0.1) is 5.92 Å². The van der Waals surface area contributed by atoms with Crippen LogP contribution in [0.25, 0.3) is 0 Å². The molecule has 1 fully saturated rings. The van der Waals surface area contributed by atoms with Gasteiger partial charge in [-0.05, 0) is 12.5 Å². The highest BCUT2D eigenvalue weighted by Crippen LogP contribution is 2.28. The molecule has 86 valence electrons. The maximum absolute atomic E-state index is 11.9. The zero-order valence-electron chi connectivity index (χ0n) is 9.48. The van der Waals surface area contributed by atoms with E-state index in [1.807, 2.05) is 37.3 Å². The SMILES string of the molecule is CCOC(=O)C(c1ccccc1)C1CNC1. The van der Waals surface area contributed by atoms with Crippen molar-refractivity contribution in [2.45, 2.75) is 12.8 Å². The fraction of sp³-hybridized carbons (Fsp3) is 0.462. The van der Waals surface area contributed by atoms with E-state index in [0.29, 0.717) is 12.5 Å². The topological polar surface area (TPSA) is 38.3 Å². The molecule has 1 aliphatic heterocycles. The van der Waals surface area contributed by atoms with Gasteiger partial charge in [0.05, 0.1) is 12.5 Å². The van der Waals surface area contributed by atoms with Crippen LogP contribution in [0.1, 0.15) is 18.4 Å². The van der Waals surface area contributed by atoms with Crippen LogP contribution in [0.4, 0.5) is 0 Å². The van der Waals surface area contributed by atoms with Gasteiger partial charge in [-0.15, -0.1) is 0 Å². The predicted octanol–water partition coefficient (Wildman–Crippen LogP) is 1.55. The Morgan fingerprint density at radius 2 is 2.12 bits per heavy atom. The smallest absolute Gasteiger partial charge is 0.313 e. The molecule has 0 spiro atoms. The van der Waals surface area contributed by atoms with Crippen molar-refractivity contribution in [3.8, 4) is 0 Å². The van der Waals surface area contributed by atoms with Crippen molar-refractivity contribution in [3.63, 3.8) is 0 Å². The van der Waals surface area contributed by atoms with Gasteiger partial charge in [-0.25, -0.2) is 0 Å². The van der Waals surface area contributed by atoms with E-state index in [1.54, 1.807) is 0 Å². The van der Waals surface area contributed by atoms with Crippen LogP contribution in [-0.2, 0) is 9.53 Å². The summed E-state index contributed by atoms with van der Waals surface area (Å²) in [7, 11) is 0. The van der Waals surface area contributed by atoms with Crippen LogP contribution in [0.2, 0.25) is 0 Å². The van der Waals surface area contributed by atoms with Gasteiger partial charge in [-0.2, -0.15) is 0 Å². The lowest BCUT2D eigenvalue weighted by atomic mass is 9.82. The second-order valence-electron chi connectivity index (χ2n) is 4.06. The van der Waals surface area contributed by atoms with Gasteiger partial charge in [0.25, 0.3) is 0 Å². The number of hydrogen-bond acceptors (Lipinski definition) is 3. The third kappa shape index (κ3) is 2.25. The average Bonchev–Trinajstić information content (AvgIpc) is 2.24. The van der Waals surface area contributed by atoms with E-state index in [1.165, 1.54) is 0 Å². The van der Waals surface area contributed by atoms with Gasteiger partial charge in [-0.1, -0.05) is 30.3 Å². The molecule has 1 N–H and O–H groups in total. The average molecular weight is 219 g/mol. The molecule has 0 amide bonds. The molecule has 1 saturated heterocycles. The Kier molecular flexibility index (Phi) is 3.57. The number of carbonyl (C=O) groups excluding carboxylic acids is 1. The van der Waals surface area contributed by atoms with Crippen molar-refractivity contribution in [1.82, 2.24) is 5.32 Å². The Morgan fingerprint density at radius 1 is 1.44 bits per heavy atom. The predicted molar refractivity (Wildman–Crippen MR) is 62.2 cm³/mol. The van der Waals surface area contributed by atoms with E-state index in [0.717, 1.165) is 18.7 Å². The molecule has 1 aromatic carbocycles. The second kappa shape index (κ2) is 5.12. The first kappa shape index (κ1) is 11.1. The summed E-state index contributed by atoms with van der Waals surface area (Å²) in [5, 5.41) is 3.20. The van der Waals surface area contributed by atoms with E-state index >= 15 is 0 Å². The monoisotopic (exact) mass is 219 g/mol. The molecule has 1 aliphatic rings. The molecule has 0 aromatic heterocycles. The molecule has 0 saturated carbocycles. The number of rotatable bonds is 4. The van der Waals surface area contributed by atoms with E-state index in [9.17, 15) is 4.79 Å². The third-order valence-electron chi connectivity index (χ3n) is 2.98. The van der Waals surface area contributed by atoms with Crippen molar-refractivity contribution in [2.75, 3.05) is 19.7 Å². The van der Waals surface area contributed by atoms with Crippen molar-refractivity contribution < 1.29 is 9.53 Å². The lowest BCUT2D eigenvalue weighted by molar-refractivity contribution is -0.147. The summed E-state index contributed by atoms with van der Waals surface area (Å²) < 4.78 is 5.15. The van der Waals surface area contributed by atoms with E-state index in [-0.39, 0.29) is 11.9 Å². The molecular formula is C13H17NO2. The summed E-state index contributed by atoms with van der Waals surface area (Å²) in [6, 6.07) is 9.89. The van der Waals surface area contributed by atoms with Crippen LogP contribution in [-0.4, -0.2) is 25.7 Å². The van der Waals surface area contributed by atoms with Crippen LogP contribution < -0.4 is 5.32 Å². The molecule has 2 rings (SSSR count). The Morgan fingerprint density at radius 3 is 2.62 bits per heavy atom. The summed E-state index contributed by atoms with van der Waals surface area (Å²) >= 11 is 0. The Labute approximate surface area is 95.8 Å². The van der Waals surface area contributed by atoms with Gasteiger partial charge in [-0.3, -0.25) is 4.79 Å². The molecule has 1 unspecified atom stereocenters. The van der Waals surface area contributed by atoms with E-state index < -0.39 is 0 Å². The molecule has 3 heteroatoms. The second-order valence-corrected chi connectivity index (χ2v) is 4.06. The first-order chi connectivity index (χ1) is 7.83. The van der Waals surface area contributed by atoms with Gasteiger partial charge < -0.3 is 10.1 Å². The molecule has 0 aliphatic carbocycles. The number of carbonyl (C=O) groups is 1. The third-order valence-corrected chi connectivity index (χ3v) is 2.98. The maximum atomic E-state index is 11.9. The first-order valence-electron chi connectivity index (χ1n) is 5.75. The zero-order chi connectivity index (χ0) is 11.4. The summed E-state index contributed by atoms with van der Waals surface area (Å²) in [4.78, 5) is 11.9. The zero-order valence-corrected chi connectivity index (χ0v) is 9.48. The van der Waals surface area contributed by atoms with Crippen LogP contribution >= 0.6 is 0 Å². The maximum Gasteiger partial charge on any atom is 0.313 e. The summed E-state index contributed by atoms with van der Waals surface area (Å²) in [5.41, 5.74) is 1.06. The normalized spacial score (nSPS) is 17.6. The minimum atomic E-state index is -0.109. The fourth-order valence-electron chi connectivity index (χ4n) is 2.04. The van der Waals surface area contributed by atoms with E-state index in [4.69, 9.17) is 4.74 Å². The van der Waals surface area contributed by atoms with Crippen molar-refractivity contribution in [3.05, 3.63) is 35.9 Å². The van der Waals surface area contributed by atoms with Crippen molar-refractivity contribution in [2.24, 2.45) is 5.92 Å². The summed E-state index contributed by atoms with van der Waals surface area (Å²) in [6.45, 7) is 4.10. The standard InChI is InChI=1S/C13H17NO2/c1-2-16-13(15)12(11-8-14-9-11)10-6-4-3-5-7-10/h3-7,11-12,14H,2,8-9H2,1H3. The molecular weight excluding hydrogens is 202 g/mol. The molecule has 0 bridgehead atoms. The van der Waals surface area contributed by atoms with Crippen LogP contribution in [0.15, 0.2) is 30.3 Å². The summed E-state index contributed by atoms with van der Waals surface area (Å²) in [6.07, 6.45) is 0. The molecule has 16 heavy (non-hydrogen) atoms. The number of ether oxygens (including phenoxy) is 1. The van der Waals surface area contributed by atoms with Crippen LogP contribution in [0.3, 0.4) is 0 Å². The molecule has 1 atom stereocenters. The minimum absolute atomic E-state index is 0.0970. The highest BCUT2D eigenvalue weighted by atomic mass is 16.5. The quantitative estimate of drug-likeness (QED) is 0.781. The minimum Gasteiger partial charge on any atom is -0.466 e. The lowest BCUT2D eigenvalue weighted by Crippen LogP contribution is -2.47. The molecule has 1 aromatic rings. The number of esters is 1. The Hall–Kier alpha value is -1.35. The highest BCUT2D eigenvalue weighted by Gasteiger charge is 2.34. The van der Waals surface area contributed by atoms with Crippen molar-refractivity contribution >= 4 is 5.97 Å². The van der Waals surface area contributed by atoms with Gasteiger partial charge in [0.1, 0.15) is 0 Å². The van der Waals surface area contributed by atoms with Gasteiger partial charge in [0.15, 0.2) is 0 Å². The van der Waals surface area contributed by atoms with Gasteiger partial charge in [0, 0.05) is 19.0 Å². The Balaban J connectivity index is 2.17. The largest absolute Gasteiger partial charge is 0.466 e.